The lowest BCUT2D eigenvalue weighted by atomic mass is 9.74. The average molecular weight is 473 g/mol. The molecule has 178 valence electrons. The van der Waals surface area contributed by atoms with Crippen LogP contribution in [0.25, 0.3) is 5.70 Å². The number of nitrogens with one attached hydrogen (secondary N) is 3. The summed E-state index contributed by atoms with van der Waals surface area (Å²) in [5.41, 5.74) is 3.68. The molecule has 3 aromatic rings. The number of aromatic nitrogens is 1. The maximum atomic E-state index is 13.1. The third-order valence-corrected chi connectivity index (χ3v) is 6.79. The van der Waals surface area contributed by atoms with Gasteiger partial charge >= 0.3 is 0 Å². The molecule has 2 aromatic carbocycles. The van der Waals surface area contributed by atoms with E-state index in [4.69, 9.17) is 9.15 Å². The number of carbonyl (C=O) groups is 2. The number of aliphatic hydroxyl groups excluding tert-OH is 1. The van der Waals surface area contributed by atoms with Gasteiger partial charge in [-0.15, -0.1) is 0 Å². The van der Waals surface area contributed by atoms with Gasteiger partial charge in [0.2, 0.25) is 17.7 Å². The van der Waals surface area contributed by atoms with Crippen LogP contribution < -0.4 is 20.7 Å². The Morgan fingerprint density at radius 3 is 2.80 bits per heavy atom. The Morgan fingerprint density at radius 2 is 1.97 bits per heavy atom. The molecule has 0 fully saturated rings. The molecule has 3 atom stereocenters. The van der Waals surface area contributed by atoms with Gasteiger partial charge in [0, 0.05) is 17.7 Å². The minimum absolute atomic E-state index is 0.151. The van der Waals surface area contributed by atoms with Crippen LogP contribution in [0.2, 0.25) is 0 Å². The van der Waals surface area contributed by atoms with Gasteiger partial charge < -0.3 is 30.2 Å². The second-order valence-corrected chi connectivity index (χ2v) is 9.03. The van der Waals surface area contributed by atoms with Gasteiger partial charge in [-0.2, -0.15) is 0 Å². The van der Waals surface area contributed by atoms with E-state index >= 15 is 0 Å². The van der Waals surface area contributed by atoms with E-state index in [0.29, 0.717) is 17.8 Å². The number of aryl methyl sites for hydroxylation is 1. The van der Waals surface area contributed by atoms with E-state index in [-0.39, 0.29) is 24.8 Å². The molecule has 1 aromatic heterocycles. The van der Waals surface area contributed by atoms with E-state index in [2.05, 4.69) is 27.0 Å². The Bertz CT molecular complexity index is 1380. The SMILES string of the molecule is CC1NC(=O)CCc2ccc3c(c2)C2(/C=C(\c4nc(CO)co4)NC1=O)c1ccccc1NC2O3. The highest BCUT2D eigenvalue weighted by Gasteiger charge is 2.55. The Morgan fingerprint density at radius 1 is 1.11 bits per heavy atom. The highest BCUT2D eigenvalue weighted by Crippen LogP contribution is 2.55. The van der Waals surface area contributed by atoms with Crippen LogP contribution in [0.3, 0.4) is 0 Å². The maximum absolute atomic E-state index is 13.1. The summed E-state index contributed by atoms with van der Waals surface area (Å²) in [5.74, 6) is 0.246. The first kappa shape index (κ1) is 21.4. The van der Waals surface area contributed by atoms with Crippen molar-refractivity contribution < 1.29 is 23.8 Å². The quantitative estimate of drug-likeness (QED) is 0.451. The van der Waals surface area contributed by atoms with Crippen LogP contribution in [0.5, 0.6) is 5.75 Å². The summed E-state index contributed by atoms with van der Waals surface area (Å²) in [7, 11) is 0. The van der Waals surface area contributed by atoms with Crippen molar-refractivity contribution in [1.29, 1.82) is 0 Å². The number of oxazole rings is 1. The van der Waals surface area contributed by atoms with Gasteiger partial charge in [0.25, 0.3) is 0 Å². The molecule has 2 bridgehead atoms. The Labute approximate surface area is 201 Å². The van der Waals surface area contributed by atoms with E-state index in [1.807, 2.05) is 42.5 Å². The molecule has 35 heavy (non-hydrogen) atoms. The number of rotatable bonds is 2. The van der Waals surface area contributed by atoms with Crippen LogP contribution in [0, 0.1) is 0 Å². The zero-order valence-corrected chi connectivity index (χ0v) is 19.0. The number of ether oxygens (including phenoxy) is 1. The number of aliphatic hydroxyl groups is 1. The van der Waals surface area contributed by atoms with Crippen molar-refractivity contribution in [2.75, 3.05) is 5.32 Å². The van der Waals surface area contributed by atoms with Crippen LogP contribution in [-0.4, -0.2) is 34.2 Å². The van der Waals surface area contributed by atoms with Crippen molar-refractivity contribution in [2.24, 2.45) is 0 Å². The van der Waals surface area contributed by atoms with Crippen LogP contribution in [0.15, 0.2) is 59.2 Å². The highest BCUT2D eigenvalue weighted by atomic mass is 16.5. The van der Waals surface area contributed by atoms with E-state index in [9.17, 15) is 14.7 Å². The third-order valence-electron chi connectivity index (χ3n) is 6.79. The topological polar surface area (TPSA) is 126 Å². The molecule has 0 saturated carbocycles. The van der Waals surface area contributed by atoms with Gasteiger partial charge in [-0.05, 0) is 42.7 Å². The van der Waals surface area contributed by atoms with Crippen LogP contribution in [-0.2, 0) is 28.0 Å². The minimum atomic E-state index is -0.798. The second kappa shape index (κ2) is 7.99. The average Bonchev–Trinajstić information content (AvgIpc) is 3.53. The second-order valence-electron chi connectivity index (χ2n) is 9.03. The highest BCUT2D eigenvalue weighted by molar-refractivity contribution is 5.93. The van der Waals surface area contributed by atoms with E-state index in [1.165, 1.54) is 6.26 Å². The molecular weight excluding hydrogens is 448 g/mol. The molecule has 9 heteroatoms. The van der Waals surface area contributed by atoms with E-state index < -0.39 is 23.6 Å². The fourth-order valence-electron chi connectivity index (χ4n) is 5.05. The molecule has 9 nitrogen and oxygen atoms in total. The number of para-hydroxylation sites is 1. The summed E-state index contributed by atoms with van der Waals surface area (Å²) in [5, 5.41) is 18.6. The zero-order valence-electron chi connectivity index (χ0n) is 19.0. The molecule has 6 rings (SSSR count). The number of hydrogen-bond donors (Lipinski definition) is 4. The Hall–Kier alpha value is -4.11. The molecule has 3 aliphatic heterocycles. The number of anilines is 1. The summed E-state index contributed by atoms with van der Waals surface area (Å²) >= 11 is 0. The molecular formula is C26H24N4O5. The predicted molar refractivity (Wildman–Crippen MR) is 126 cm³/mol. The lowest BCUT2D eigenvalue weighted by Gasteiger charge is -2.26. The maximum Gasteiger partial charge on any atom is 0.246 e. The number of fused-ring (bicyclic) bond motifs is 2. The van der Waals surface area contributed by atoms with Gasteiger partial charge in [-0.25, -0.2) is 4.98 Å². The molecule has 2 amide bonds. The largest absolute Gasteiger partial charge is 0.469 e. The standard InChI is InChI=1S/C26H24N4O5/c1-14-23(33)29-20(24-28-16(12-31)13-34-24)11-26-17-4-2-3-5-19(17)30-25(26)35-21-8-6-15(10-18(21)26)7-9-22(32)27-14/h2-6,8,10-11,13-14,25,30-31H,7,9,12H2,1H3,(H,27,32)(H,29,33)/b20-11+. The summed E-state index contributed by atoms with van der Waals surface area (Å²) in [6.45, 7) is 1.33. The van der Waals surface area contributed by atoms with Gasteiger partial charge in [-0.1, -0.05) is 30.3 Å². The van der Waals surface area contributed by atoms with E-state index in [0.717, 1.165) is 28.1 Å². The predicted octanol–water partition coefficient (Wildman–Crippen LogP) is 2.21. The van der Waals surface area contributed by atoms with Crippen molar-refractivity contribution >= 4 is 23.2 Å². The first-order valence-electron chi connectivity index (χ1n) is 11.5. The number of benzene rings is 2. The summed E-state index contributed by atoms with van der Waals surface area (Å²) in [6.07, 6.45) is 3.57. The number of nitrogens with zero attached hydrogens (tertiary/aromatic N) is 1. The first-order valence-corrected chi connectivity index (χ1v) is 11.5. The molecule has 3 unspecified atom stereocenters. The Kier molecular flexibility index (Phi) is 4.89. The number of hydrogen-bond acceptors (Lipinski definition) is 7. The summed E-state index contributed by atoms with van der Waals surface area (Å²) in [6, 6.07) is 13.1. The van der Waals surface area contributed by atoms with Gasteiger partial charge in [0.05, 0.1) is 6.61 Å². The van der Waals surface area contributed by atoms with E-state index in [1.54, 1.807) is 6.92 Å². The minimum Gasteiger partial charge on any atom is -0.469 e. The smallest absolute Gasteiger partial charge is 0.246 e. The third kappa shape index (κ3) is 3.38. The molecule has 0 saturated heterocycles. The van der Waals surface area contributed by atoms with Gasteiger partial charge in [0.15, 0.2) is 6.23 Å². The lowest BCUT2D eigenvalue weighted by molar-refractivity contribution is -0.127. The van der Waals surface area contributed by atoms with Crippen LogP contribution in [0.4, 0.5) is 5.69 Å². The van der Waals surface area contributed by atoms with Gasteiger partial charge in [0.1, 0.15) is 34.9 Å². The molecule has 1 spiro atoms. The van der Waals surface area contributed by atoms with Crippen molar-refractivity contribution in [1.82, 2.24) is 15.6 Å². The molecule has 4 N–H and O–H groups in total. The van der Waals surface area contributed by atoms with Crippen molar-refractivity contribution in [3.8, 4) is 5.75 Å². The summed E-state index contributed by atoms with van der Waals surface area (Å²) < 4.78 is 12.0. The van der Waals surface area contributed by atoms with Crippen LogP contribution in [0.1, 0.15) is 41.6 Å². The van der Waals surface area contributed by atoms with Crippen molar-refractivity contribution in [2.45, 2.75) is 44.1 Å². The fraction of sp³-hybridized carbons (Fsp3) is 0.269. The molecule has 3 aliphatic rings. The molecule has 0 radical (unpaired) electrons. The number of carbonyl (C=O) groups excluding carboxylic acids is 2. The lowest BCUT2D eigenvalue weighted by Crippen LogP contribution is -2.45. The fourth-order valence-corrected chi connectivity index (χ4v) is 5.05. The van der Waals surface area contributed by atoms with Crippen LogP contribution >= 0.6 is 0 Å². The Balaban J connectivity index is 1.61. The monoisotopic (exact) mass is 472 g/mol. The number of amides is 2. The molecule has 0 aliphatic carbocycles. The van der Waals surface area contributed by atoms with Crippen molar-refractivity contribution in [3.63, 3.8) is 0 Å². The van der Waals surface area contributed by atoms with Crippen molar-refractivity contribution in [3.05, 3.63) is 83.1 Å². The zero-order chi connectivity index (χ0) is 24.2. The normalized spacial score (nSPS) is 26.4. The van der Waals surface area contributed by atoms with Gasteiger partial charge in [-0.3, -0.25) is 9.59 Å². The summed E-state index contributed by atoms with van der Waals surface area (Å²) in [4.78, 5) is 30.0. The molecule has 4 heterocycles. The first-order chi connectivity index (χ1) is 17.0.